The van der Waals surface area contributed by atoms with Crippen molar-refractivity contribution in [2.24, 2.45) is 0 Å². The summed E-state index contributed by atoms with van der Waals surface area (Å²) in [5.74, 6) is 0. The highest BCUT2D eigenvalue weighted by atomic mass is 16.5. The zero-order chi connectivity index (χ0) is 9.52. The van der Waals surface area contributed by atoms with Gasteiger partial charge in [0.15, 0.2) is 0 Å². The first-order valence-electron chi connectivity index (χ1n) is 4.26. The Bertz CT molecular complexity index is 223. The summed E-state index contributed by atoms with van der Waals surface area (Å²) in [6.07, 6.45) is -0.604. The van der Waals surface area contributed by atoms with Gasteiger partial charge in [0.2, 0.25) is 0 Å². The van der Waals surface area contributed by atoms with Crippen LogP contribution < -0.4 is 0 Å². The Morgan fingerprint density at radius 1 is 1.23 bits per heavy atom. The van der Waals surface area contributed by atoms with Gasteiger partial charge in [-0.25, -0.2) is 0 Å². The van der Waals surface area contributed by atoms with E-state index in [0.717, 1.165) is 5.56 Å². The fraction of sp³-hybridized carbons (Fsp3) is 0.400. The fourth-order valence-electron chi connectivity index (χ4n) is 1.03. The molecule has 0 saturated carbocycles. The largest absolute Gasteiger partial charge is 0.394 e. The Balaban J connectivity index is 2.35. The van der Waals surface area contributed by atoms with Gasteiger partial charge in [-0.05, 0) is 5.56 Å². The van der Waals surface area contributed by atoms with E-state index in [0.29, 0.717) is 0 Å². The molecule has 3 heteroatoms. The van der Waals surface area contributed by atoms with Crippen LogP contribution in [0.2, 0.25) is 0 Å². The summed E-state index contributed by atoms with van der Waals surface area (Å²) in [7, 11) is 0. The molecule has 0 fully saturated rings. The molecule has 3 nitrogen and oxygen atoms in total. The number of aliphatic hydroxyl groups is 2. The van der Waals surface area contributed by atoms with Crippen molar-refractivity contribution in [2.45, 2.75) is 6.10 Å². The summed E-state index contributed by atoms with van der Waals surface area (Å²) in [6, 6.07) is 9.31. The van der Waals surface area contributed by atoms with Crippen LogP contribution in [0.5, 0.6) is 0 Å². The van der Waals surface area contributed by atoms with Gasteiger partial charge in [0, 0.05) is 0 Å². The minimum atomic E-state index is -0.604. The molecule has 1 atom stereocenters. The van der Waals surface area contributed by atoms with E-state index in [1.165, 1.54) is 0 Å². The molecular weight excluding hydrogens is 168 g/mol. The minimum absolute atomic E-state index is 0.0124. The van der Waals surface area contributed by atoms with Gasteiger partial charge in [-0.2, -0.15) is 0 Å². The van der Waals surface area contributed by atoms with Crippen molar-refractivity contribution in [1.29, 1.82) is 0 Å². The molecule has 0 aliphatic carbocycles. The third-order valence-corrected chi connectivity index (χ3v) is 1.70. The van der Waals surface area contributed by atoms with E-state index in [1.54, 1.807) is 0 Å². The van der Waals surface area contributed by atoms with Gasteiger partial charge in [0.05, 0.1) is 19.8 Å². The molecule has 1 aromatic carbocycles. The average molecular weight is 182 g/mol. The van der Waals surface area contributed by atoms with Crippen LogP contribution in [0.4, 0.5) is 0 Å². The maximum atomic E-state index is 9.54. The van der Waals surface area contributed by atoms with E-state index in [1.807, 2.05) is 30.3 Å². The monoisotopic (exact) mass is 182 g/mol. The Labute approximate surface area is 77.6 Å². The van der Waals surface area contributed by atoms with Crippen molar-refractivity contribution in [3.05, 3.63) is 35.9 Å². The van der Waals surface area contributed by atoms with E-state index < -0.39 is 6.10 Å². The molecule has 72 valence electrons. The standard InChI is InChI=1S/C10H14O3/c11-6-7-13-8-10(12)9-4-2-1-3-5-9/h1-5,10-12H,6-8H2. The predicted molar refractivity (Wildman–Crippen MR) is 49.3 cm³/mol. The number of rotatable bonds is 5. The first-order chi connectivity index (χ1) is 6.34. The highest BCUT2D eigenvalue weighted by Crippen LogP contribution is 2.11. The predicted octanol–water partition coefficient (Wildman–Crippen LogP) is 0.729. The van der Waals surface area contributed by atoms with E-state index in [9.17, 15) is 5.11 Å². The first-order valence-corrected chi connectivity index (χ1v) is 4.26. The van der Waals surface area contributed by atoms with Crippen LogP contribution in [-0.2, 0) is 4.74 Å². The Kier molecular flexibility index (Phi) is 4.46. The molecule has 0 aromatic heterocycles. The van der Waals surface area contributed by atoms with Crippen LogP contribution in [0, 0.1) is 0 Å². The van der Waals surface area contributed by atoms with Crippen LogP contribution in [0.25, 0.3) is 0 Å². The lowest BCUT2D eigenvalue weighted by Crippen LogP contribution is -2.09. The number of aliphatic hydroxyl groups excluding tert-OH is 2. The van der Waals surface area contributed by atoms with Gasteiger partial charge in [-0.1, -0.05) is 30.3 Å². The number of hydrogen-bond donors (Lipinski definition) is 2. The highest BCUT2D eigenvalue weighted by molar-refractivity contribution is 5.17. The van der Waals surface area contributed by atoms with E-state index in [2.05, 4.69) is 0 Å². The molecule has 1 rings (SSSR count). The maximum Gasteiger partial charge on any atom is 0.102 e. The van der Waals surface area contributed by atoms with Gasteiger partial charge < -0.3 is 14.9 Å². The van der Waals surface area contributed by atoms with Gasteiger partial charge in [0.25, 0.3) is 0 Å². The molecule has 0 bridgehead atoms. The first kappa shape index (κ1) is 10.2. The maximum absolute atomic E-state index is 9.54. The van der Waals surface area contributed by atoms with E-state index in [4.69, 9.17) is 9.84 Å². The second-order valence-corrected chi connectivity index (χ2v) is 2.73. The quantitative estimate of drug-likeness (QED) is 0.660. The Morgan fingerprint density at radius 3 is 2.54 bits per heavy atom. The molecule has 13 heavy (non-hydrogen) atoms. The molecule has 1 aromatic rings. The van der Waals surface area contributed by atoms with Gasteiger partial charge in [-0.15, -0.1) is 0 Å². The second-order valence-electron chi connectivity index (χ2n) is 2.73. The lowest BCUT2D eigenvalue weighted by atomic mass is 10.1. The summed E-state index contributed by atoms with van der Waals surface area (Å²) >= 11 is 0. The van der Waals surface area contributed by atoms with Crippen LogP contribution in [0.3, 0.4) is 0 Å². The zero-order valence-corrected chi connectivity index (χ0v) is 7.39. The second kappa shape index (κ2) is 5.70. The molecule has 0 saturated heterocycles. The van der Waals surface area contributed by atoms with Crippen molar-refractivity contribution in [3.8, 4) is 0 Å². The molecule has 0 aliphatic heterocycles. The number of benzene rings is 1. The molecule has 0 spiro atoms. The Morgan fingerprint density at radius 2 is 1.92 bits per heavy atom. The van der Waals surface area contributed by atoms with Crippen LogP contribution in [0.15, 0.2) is 30.3 Å². The molecule has 1 unspecified atom stereocenters. The summed E-state index contributed by atoms with van der Waals surface area (Å²) in [6.45, 7) is 0.482. The van der Waals surface area contributed by atoms with Gasteiger partial charge in [0.1, 0.15) is 6.10 Å². The summed E-state index contributed by atoms with van der Waals surface area (Å²) in [4.78, 5) is 0. The normalized spacial score (nSPS) is 12.8. The van der Waals surface area contributed by atoms with Crippen LogP contribution in [0.1, 0.15) is 11.7 Å². The van der Waals surface area contributed by atoms with Crippen molar-refractivity contribution in [3.63, 3.8) is 0 Å². The van der Waals surface area contributed by atoms with Crippen LogP contribution in [-0.4, -0.2) is 30.0 Å². The van der Waals surface area contributed by atoms with E-state index >= 15 is 0 Å². The summed E-state index contributed by atoms with van der Waals surface area (Å²) in [5.41, 5.74) is 0.834. The van der Waals surface area contributed by atoms with Gasteiger partial charge in [-0.3, -0.25) is 0 Å². The minimum Gasteiger partial charge on any atom is -0.394 e. The molecular formula is C10H14O3. The number of ether oxygens (including phenoxy) is 1. The van der Waals surface area contributed by atoms with Crippen molar-refractivity contribution >= 4 is 0 Å². The van der Waals surface area contributed by atoms with E-state index in [-0.39, 0.29) is 19.8 Å². The topological polar surface area (TPSA) is 49.7 Å². The number of hydrogen-bond acceptors (Lipinski definition) is 3. The lowest BCUT2D eigenvalue weighted by Gasteiger charge is -2.10. The molecule has 0 amide bonds. The zero-order valence-electron chi connectivity index (χ0n) is 7.39. The molecule has 0 heterocycles. The smallest absolute Gasteiger partial charge is 0.102 e. The van der Waals surface area contributed by atoms with Gasteiger partial charge >= 0.3 is 0 Å². The summed E-state index contributed by atoms with van der Waals surface area (Å²) in [5, 5.41) is 18.0. The van der Waals surface area contributed by atoms with Crippen molar-refractivity contribution in [1.82, 2.24) is 0 Å². The SMILES string of the molecule is OCCOCC(O)c1ccccc1. The van der Waals surface area contributed by atoms with Crippen LogP contribution >= 0.6 is 0 Å². The van der Waals surface area contributed by atoms with Crippen molar-refractivity contribution in [2.75, 3.05) is 19.8 Å². The molecule has 0 radical (unpaired) electrons. The third kappa shape index (κ3) is 3.55. The lowest BCUT2D eigenvalue weighted by molar-refractivity contribution is 0.0206. The van der Waals surface area contributed by atoms with Crippen molar-refractivity contribution < 1.29 is 14.9 Å². The molecule has 0 aliphatic rings. The summed E-state index contributed by atoms with van der Waals surface area (Å²) < 4.78 is 5.00. The fourth-order valence-corrected chi connectivity index (χ4v) is 1.03. The third-order valence-electron chi connectivity index (χ3n) is 1.70. The molecule has 2 N–H and O–H groups in total. The Hall–Kier alpha value is -0.900. The average Bonchev–Trinajstić information content (AvgIpc) is 2.19. The highest BCUT2D eigenvalue weighted by Gasteiger charge is 2.05.